The second-order valence-corrected chi connectivity index (χ2v) is 5.35. The SMILES string of the molecule is Cc1cc(Br)c(F)cc1NC(=O)C1(N)CCOC1. The molecule has 1 amide bonds. The van der Waals surface area contributed by atoms with E-state index < -0.39 is 11.4 Å². The molecule has 0 spiro atoms. The van der Waals surface area contributed by atoms with E-state index in [0.717, 1.165) is 5.56 Å². The number of benzene rings is 1. The molecule has 1 aromatic carbocycles. The zero-order valence-electron chi connectivity index (χ0n) is 9.93. The zero-order chi connectivity index (χ0) is 13.3. The van der Waals surface area contributed by atoms with Crippen LogP contribution in [0.2, 0.25) is 0 Å². The van der Waals surface area contributed by atoms with E-state index in [1.807, 2.05) is 0 Å². The summed E-state index contributed by atoms with van der Waals surface area (Å²) >= 11 is 3.09. The number of hydrogen-bond acceptors (Lipinski definition) is 3. The Balaban J connectivity index is 2.19. The monoisotopic (exact) mass is 316 g/mol. The van der Waals surface area contributed by atoms with Crippen molar-refractivity contribution in [3.63, 3.8) is 0 Å². The van der Waals surface area contributed by atoms with Crippen molar-refractivity contribution in [2.45, 2.75) is 18.9 Å². The third-order valence-corrected chi connectivity index (χ3v) is 3.63. The molecule has 0 radical (unpaired) electrons. The molecule has 0 aromatic heterocycles. The average molecular weight is 317 g/mol. The van der Waals surface area contributed by atoms with Gasteiger partial charge in [0.05, 0.1) is 11.1 Å². The van der Waals surface area contributed by atoms with Gasteiger partial charge in [0.25, 0.3) is 0 Å². The Morgan fingerprint density at radius 3 is 2.94 bits per heavy atom. The minimum absolute atomic E-state index is 0.191. The van der Waals surface area contributed by atoms with Gasteiger partial charge in [-0.25, -0.2) is 4.39 Å². The predicted octanol–water partition coefficient (Wildman–Crippen LogP) is 1.95. The predicted molar refractivity (Wildman–Crippen MR) is 69.8 cm³/mol. The molecule has 1 aliphatic rings. The lowest BCUT2D eigenvalue weighted by molar-refractivity contribution is -0.121. The summed E-state index contributed by atoms with van der Waals surface area (Å²) in [5.74, 6) is -0.769. The van der Waals surface area contributed by atoms with E-state index in [4.69, 9.17) is 10.5 Å². The van der Waals surface area contributed by atoms with Crippen molar-refractivity contribution >= 4 is 27.5 Å². The Hall–Kier alpha value is -0.980. The molecule has 1 saturated heterocycles. The minimum Gasteiger partial charge on any atom is -0.379 e. The number of ether oxygens (including phenoxy) is 1. The number of carbonyl (C=O) groups excluding carboxylic acids is 1. The van der Waals surface area contributed by atoms with Gasteiger partial charge < -0.3 is 15.8 Å². The van der Waals surface area contributed by atoms with Crippen molar-refractivity contribution in [2.75, 3.05) is 18.5 Å². The van der Waals surface area contributed by atoms with Gasteiger partial charge in [0, 0.05) is 12.3 Å². The van der Waals surface area contributed by atoms with E-state index in [1.165, 1.54) is 6.07 Å². The number of rotatable bonds is 2. The molecule has 4 nitrogen and oxygen atoms in total. The lowest BCUT2D eigenvalue weighted by atomic mass is 9.99. The van der Waals surface area contributed by atoms with E-state index in [9.17, 15) is 9.18 Å². The molecule has 1 heterocycles. The maximum atomic E-state index is 13.4. The van der Waals surface area contributed by atoms with E-state index >= 15 is 0 Å². The Morgan fingerprint density at radius 2 is 2.33 bits per heavy atom. The second-order valence-electron chi connectivity index (χ2n) is 4.49. The van der Waals surface area contributed by atoms with Crippen molar-refractivity contribution in [1.82, 2.24) is 0 Å². The molecule has 6 heteroatoms. The number of halogens is 2. The number of anilines is 1. The quantitative estimate of drug-likeness (QED) is 0.876. The number of nitrogens with two attached hydrogens (primary N) is 1. The summed E-state index contributed by atoms with van der Waals surface area (Å²) in [4.78, 5) is 12.0. The third-order valence-electron chi connectivity index (χ3n) is 3.02. The largest absolute Gasteiger partial charge is 0.379 e. The fraction of sp³-hybridized carbons (Fsp3) is 0.417. The summed E-state index contributed by atoms with van der Waals surface area (Å²) in [6, 6.07) is 2.88. The Bertz CT molecular complexity index is 487. The molecule has 3 N–H and O–H groups in total. The minimum atomic E-state index is -1.02. The van der Waals surface area contributed by atoms with Crippen LogP contribution >= 0.6 is 15.9 Å². The highest BCUT2D eigenvalue weighted by molar-refractivity contribution is 9.10. The van der Waals surface area contributed by atoms with Gasteiger partial charge >= 0.3 is 0 Å². The van der Waals surface area contributed by atoms with Crippen LogP contribution in [0.4, 0.5) is 10.1 Å². The van der Waals surface area contributed by atoms with E-state index in [1.54, 1.807) is 13.0 Å². The van der Waals surface area contributed by atoms with Crippen LogP contribution in [0.3, 0.4) is 0 Å². The first-order valence-electron chi connectivity index (χ1n) is 5.56. The average Bonchev–Trinajstić information content (AvgIpc) is 2.74. The molecule has 1 fully saturated rings. The van der Waals surface area contributed by atoms with E-state index in [-0.39, 0.29) is 12.5 Å². The van der Waals surface area contributed by atoms with Crippen LogP contribution in [0.1, 0.15) is 12.0 Å². The van der Waals surface area contributed by atoms with Gasteiger partial charge in [0.1, 0.15) is 11.4 Å². The topological polar surface area (TPSA) is 64.4 Å². The molecule has 1 aliphatic heterocycles. The van der Waals surface area contributed by atoms with Crippen molar-refractivity contribution in [1.29, 1.82) is 0 Å². The lowest BCUT2D eigenvalue weighted by Crippen LogP contribution is -2.51. The smallest absolute Gasteiger partial charge is 0.246 e. The zero-order valence-corrected chi connectivity index (χ0v) is 11.5. The molecule has 2 rings (SSSR count). The number of nitrogens with one attached hydrogen (secondary N) is 1. The molecule has 1 unspecified atom stereocenters. The standard InChI is InChI=1S/C12H14BrFN2O2/c1-7-4-8(13)9(14)5-10(7)16-11(17)12(15)2-3-18-6-12/h4-5H,2-3,6,15H2,1H3,(H,16,17). The van der Waals surface area contributed by atoms with Gasteiger partial charge in [0.15, 0.2) is 0 Å². The van der Waals surface area contributed by atoms with Gasteiger partial charge in [-0.1, -0.05) is 0 Å². The lowest BCUT2D eigenvalue weighted by Gasteiger charge is -2.21. The summed E-state index contributed by atoms with van der Waals surface area (Å²) in [6.45, 7) is 2.45. The van der Waals surface area contributed by atoms with E-state index in [0.29, 0.717) is 23.2 Å². The second kappa shape index (κ2) is 4.95. The molecule has 98 valence electrons. The van der Waals surface area contributed by atoms with Crippen LogP contribution in [0.15, 0.2) is 16.6 Å². The summed E-state index contributed by atoms with van der Waals surface area (Å²) < 4.78 is 18.9. The highest BCUT2D eigenvalue weighted by Gasteiger charge is 2.38. The fourth-order valence-corrected chi connectivity index (χ4v) is 2.25. The maximum Gasteiger partial charge on any atom is 0.246 e. The van der Waals surface area contributed by atoms with Gasteiger partial charge in [0.2, 0.25) is 5.91 Å². The number of hydrogen-bond donors (Lipinski definition) is 2. The molecular formula is C12H14BrFN2O2. The highest BCUT2D eigenvalue weighted by atomic mass is 79.9. The molecule has 1 atom stereocenters. The normalized spacial score (nSPS) is 23.1. The van der Waals surface area contributed by atoms with E-state index in [2.05, 4.69) is 21.2 Å². The number of aryl methyl sites for hydroxylation is 1. The Morgan fingerprint density at radius 1 is 1.61 bits per heavy atom. The molecule has 0 saturated carbocycles. The number of amides is 1. The molecule has 0 bridgehead atoms. The molecule has 0 aliphatic carbocycles. The molecular weight excluding hydrogens is 303 g/mol. The highest BCUT2D eigenvalue weighted by Crippen LogP contribution is 2.25. The first-order chi connectivity index (χ1) is 8.42. The maximum absolute atomic E-state index is 13.4. The summed E-state index contributed by atoms with van der Waals surface area (Å²) in [6.07, 6.45) is 0.469. The van der Waals surface area contributed by atoms with Crippen LogP contribution in [0.25, 0.3) is 0 Å². The summed E-state index contributed by atoms with van der Waals surface area (Å²) in [5.41, 5.74) is 6.10. The van der Waals surface area contributed by atoms with Crippen LogP contribution in [0.5, 0.6) is 0 Å². The van der Waals surface area contributed by atoms with Gasteiger partial charge in [-0.2, -0.15) is 0 Å². The summed E-state index contributed by atoms with van der Waals surface area (Å²) in [5, 5.41) is 2.66. The van der Waals surface area contributed by atoms with Crippen LogP contribution in [-0.2, 0) is 9.53 Å². The van der Waals surface area contributed by atoms with Crippen molar-refractivity contribution < 1.29 is 13.9 Å². The number of carbonyl (C=O) groups is 1. The van der Waals surface area contributed by atoms with Crippen LogP contribution in [0, 0.1) is 12.7 Å². The van der Waals surface area contributed by atoms with Crippen LogP contribution < -0.4 is 11.1 Å². The van der Waals surface area contributed by atoms with Crippen molar-refractivity contribution in [2.24, 2.45) is 5.73 Å². The fourth-order valence-electron chi connectivity index (χ4n) is 1.79. The van der Waals surface area contributed by atoms with Gasteiger partial charge in [-0.3, -0.25) is 4.79 Å². The first-order valence-corrected chi connectivity index (χ1v) is 6.35. The third kappa shape index (κ3) is 2.55. The van der Waals surface area contributed by atoms with Crippen LogP contribution in [-0.4, -0.2) is 24.7 Å². The molecule has 18 heavy (non-hydrogen) atoms. The van der Waals surface area contributed by atoms with Crippen molar-refractivity contribution in [3.8, 4) is 0 Å². The Labute approximate surface area is 113 Å². The molecule has 1 aromatic rings. The summed E-state index contributed by atoms with van der Waals surface area (Å²) in [7, 11) is 0. The Kier molecular flexibility index (Phi) is 3.70. The van der Waals surface area contributed by atoms with Gasteiger partial charge in [-0.15, -0.1) is 0 Å². The first kappa shape index (κ1) is 13.5. The van der Waals surface area contributed by atoms with Crippen molar-refractivity contribution in [3.05, 3.63) is 28.0 Å². The van der Waals surface area contributed by atoms with Gasteiger partial charge in [-0.05, 0) is 47.0 Å².